The molecule has 1 heterocycles. The number of amides is 1. The Morgan fingerprint density at radius 3 is 1.88 bits per heavy atom. The first-order valence-electron chi connectivity index (χ1n) is 10.1. The van der Waals surface area contributed by atoms with E-state index in [1.165, 1.54) is 24.3 Å². The maximum Gasteiger partial charge on any atom is 0.410 e. The summed E-state index contributed by atoms with van der Waals surface area (Å²) in [5.41, 5.74) is 1.64. The van der Waals surface area contributed by atoms with E-state index in [0.717, 1.165) is 45.0 Å². The summed E-state index contributed by atoms with van der Waals surface area (Å²) >= 11 is 9.91. The number of ether oxygens (including phenoxy) is 1. The predicted molar refractivity (Wildman–Crippen MR) is 134 cm³/mol. The van der Waals surface area contributed by atoms with Crippen molar-refractivity contribution < 1.29 is 18.3 Å². The summed E-state index contributed by atoms with van der Waals surface area (Å²) in [7, 11) is 0. The fourth-order valence-corrected chi connectivity index (χ4v) is 4.77. The Bertz CT molecular complexity index is 915. The van der Waals surface area contributed by atoms with Gasteiger partial charge in [-0.25, -0.2) is 13.6 Å². The average molecular weight is 641 g/mol. The van der Waals surface area contributed by atoms with Crippen LogP contribution in [-0.4, -0.2) is 47.7 Å². The lowest BCUT2D eigenvalue weighted by Crippen LogP contribution is -2.49. The van der Waals surface area contributed by atoms with Crippen molar-refractivity contribution >= 4 is 53.9 Å². The van der Waals surface area contributed by atoms with Crippen LogP contribution in [0.3, 0.4) is 0 Å². The molecule has 0 spiro atoms. The molecule has 1 aliphatic rings. The molecule has 2 aromatic rings. The Morgan fingerprint density at radius 2 is 1.44 bits per heavy atom. The van der Waals surface area contributed by atoms with Gasteiger partial charge in [0.15, 0.2) is 0 Å². The first-order valence-corrected chi connectivity index (χ1v) is 12.8. The molecule has 2 aromatic carbocycles. The van der Waals surface area contributed by atoms with Crippen molar-refractivity contribution in [1.82, 2.24) is 9.80 Å². The highest BCUT2D eigenvalue weighted by Gasteiger charge is 2.26. The zero-order chi connectivity index (χ0) is 23.9. The molecule has 0 unspecified atom stereocenters. The van der Waals surface area contributed by atoms with E-state index in [2.05, 4.69) is 52.7 Å². The van der Waals surface area contributed by atoms with Crippen LogP contribution in [0.4, 0.5) is 13.6 Å². The van der Waals surface area contributed by atoms with Crippen molar-refractivity contribution in [3.8, 4) is 0 Å². The minimum atomic E-state index is -0.465. The van der Waals surface area contributed by atoms with Crippen LogP contribution in [0.1, 0.15) is 31.9 Å². The summed E-state index contributed by atoms with van der Waals surface area (Å²) in [6.07, 6.45) is -0.255. The van der Waals surface area contributed by atoms with E-state index in [9.17, 15) is 13.6 Å². The molecule has 32 heavy (non-hydrogen) atoms. The summed E-state index contributed by atoms with van der Waals surface area (Å²) < 4.78 is 32.5. The third-order valence-electron chi connectivity index (χ3n) is 4.59. The van der Waals surface area contributed by atoms with E-state index in [0.29, 0.717) is 13.1 Å². The molecule has 0 saturated carbocycles. The van der Waals surface area contributed by atoms with Crippen molar-refractivity contribution in [3.05, 3.63) is 68.1 Å². The van der Waals surface area contributed by atoms with E-state index < -0.39 is 5.60 Å². The lowest BCUT2D eigenvalue weighted by Gasteiger charge is -2.35. The number of hydrogen-bond acceptors (Lipinski definition) is 3. The van der Waals surface area contributed by atoms with Crippen LogP contribution in [-0.2, 0) is 16.6 Å². The highest BCUT2D eigenvalue weighted by atomic mass is 79.9. The fourth-order valence-electron chi connectivity index (χ4n) is 2.94. The zero-order valence-corrected chi connectivity index (χ0v) is 23.1. The number of nitrogens with zero attached hydrogens (tertiary/aromatic N) is 2. The lowest BCUT2D eigenvalue weighted by atomic mass is 10.2. The number of benzene rings is 2. The van der Waals surface area contributed by atoms with Gasteiger partial charge in [-0.1, -0.05) is 59.9 Å². The summed E-state index contributed by atoms with van der Waals surface area (Å²) in [6, 6.07) is 9.38. The number of carbonyl (C=O) groups is 1. The molecule has 3 rings (SSSR count). The normalized spacial score (nSPS) is 14.6. The molecule has 0 bridgehead atoms. The lowest BCUT2D eigenvalue weighted by molar-refractivity contribution is 0.0139. The number of rotatable bonds is 3. The van der Waals surface area contributed by atoms with Crippen LogP contribution >= 0.6 is 47.8 Å². The third kappa shape index (κ3) is 9.08. The van der Waals surface area contributed by atoms with Crippen LogP contribution in [0.25, 0.3) is 0 Å². The van der Waals surface area contributed by atoms with E-state index >= 15 is 0 Å². The van der Waals surface area contributed by atoms with Crippen molar-refractivity contribution in [2.45, 2.75) is 38.2 Å². The maximum atomic E-state index is 13.1. The van der Waals surface area contributed by atoms with Crippen molar-refractivity contribution in [3.63, 3.8) is 0 Å². The van der Waals surface area contributed by atoms with E-state index in [1.807, 2.05) is 20.8 Å². The first-order chi connectivity index (χ1) is 15.0. The smallest absolute Gasteiger partial charge is 0.410 e. The van der Waals surface area contributed by atoms with Gasteiger partial charge in [0.25, 0.3) is 0 Å². The summed E-state index contributed by atoms with van der Waals surface area (Å²) in [6.45, 7) is 9.20. The number of halogens is 5. The van der Waals surface area contributed by atoms with Gasteiger partial charge >= 0.3 is 6.09 Å². The second kappa shape index (κ2) is 12.4. The second-order valence-corrected chi connectivity index (χ2v) is 10.6. The topological polar surface area (TPSA) is 32.8 Å². The summed E-state index contributed by atoms with van der Waals surface area (Å²) in [4.78, 5) is 16.0. The Kier molecular flexibility index (Phi) is 10.6. The second-order valence-electron chi connectivity index (χ2n) is 8.35. The SMILES string of the molecule is CC(C)(C)OC(=O)N1CCN(Cc2ccc(F)cc2Br)CC1.Fc1ccc(CBr)c(Br)c1. The highest BCUT2D eigenvalue weighted by molar-refractivity contribution is 9.11. The van der Waals surface area contributed by atoms with Crippen molar-refractivity contribution in [2.24, 2.45) is 0 Å². The van der Waals surface area contributed by atoms with Crippen LogP contribution in [0.2, 0.25) is 0 Å². The molecule has 0 aliphatic carbocycles. The molecule has 0 aromatic heterocycles. The quantitative estimate of drug-likeness (QED) is 0.335. The van der Waals surface area contributed by atoms with Gasteiger partial charge in [-0.15, -0.1) is 0 Å². The van der Waals surface area contributed by atoms with Gasteiger partial charge in [0.05, 0.1) is 0 Å². The Hall–Kier alpha value is -1.03. The van der Waals surface area contributed by atoms with Crippen LogP contribution in [0.15, 0.2) is 45.3 Å². The standard InChI is InChI=1S/C16H22BrFN2O2.C7H5Br2F/c1-16(2,3)22-15(21)20-8-6-19(7-9-20)11-12-4-5-13(18)10-14(12)17;8-4-5-1-2-6(10)3-7(5)9/h4-5,10H,6-9,11H2,1-3H3;1-3H,4H2. The van der Waals surface area contributed by atoms with Gasteiger partial charge in [-0.3, -0.25) is 4.90 Å². The maximum absolute atomic E-state index is 13.1. The molecule has 9 heteroatoms. The number of hydrogen-bond donors (Lipinski definition) is 0. The Balaban J connectivity index is 0.000000303. The minimum absolute atomic E-state index is 0.212. The van der Waals surface area contributed by atoms with Gasteiger partial charge < -0.3 is 9.64 Å². The minimum Gasteiger partial charge on any atom is -0.444 e. The monoisotopic (exact) mass is 638 g/mol. The molecule has 0 N–H and O–H groups in total. The van der Waals surface area contributed by atoms with Crippen molar-refractivity contribution in [2.75, 3.05) is 26.2 Å². The van der Waals surface area contributed by atoms with E-state index in [4.69, 9.17) is 4.74 Å². The largest absolute Gasteiger partial charge is 0.444 e. The third-order valence-corrected chi connectivity index (χ3v) is 6.67. The molecule has 0 atom stereocenters. The average Bonchev–Trinajstić information content (AvgIpc) is 2.70. The molecule has 1 aliphatic heterocycles. The number of piperazine rings is 1. The molecular formula is C23H27Br3F2N2O2. The van der Waals surface area contributed by atoms with E-state index in [-0.39, 0.29) is 17.7 Å². The van der Waals surface area contributed by atoms with Crippen LogP contribution in [0.5, 0.6) is 0 Å². The fraction of sp³-hybridized carbons (Fsp3) is 0.435. The molecule has 1 fully saturated rings. The Morgan fingerprint density at radius 1 is 0.938 bits per heavy atom. The van der Waals surface area contributed by atoms with Gasteiger partial charge in [0.2, 0.25) is 0 Å². The van der Waals surface area contributed by atoms with Gasteiger partial charge in [0.1, 0.15) is 17.2 Å². The zero-order valence-electron chi connectivity index (χ0n) is 18.3. The first kappa shape index (κ1) is 27.2. The van der Waals surface area contributed by atoms with Crippen LogP contribution in [0, 0.1) is 11.6 Å². The van der Waals surface area contributed by atoms with Gasteiger partial charge in [-0.2, -0.15) is 0 Å². The summed E-state index contributed by atoms with van der Waals surface area (Å²) in [5.74, 6) is -0.457. The van der Waals surface area contributed by atoms with Crippen molar-refractivity contribution in [1.29, 1.82) is 0 Å². The number of alkyl halides is 1. The Labute approximate surface area is 213 Å². The molecule has 4 nitrogen and oxygen atoms in total. The molecule has 1 amide bonds. The number of carbonyl (C=O) groups excluding carboxylic acids is 1. The van der Waals surface area contributed by atoms with Gasteiger partial charge in [-0.05, 0) is 56.2 Å². The molecular weight excluding hydrogens is 614 g/mol. The predicted octanol–water partition coefficient (Wildman–Crippen LogP) is 7.12. The highest BCUT2D eigenvalue weighted by Crippen LogP contribution is 2.21. The molecule has 1 saturated heterocycles. The van der Waals surface area contributed by atoms with Crippen LogP contribution < -0.4 is 0 Å². The molecule has 176 valence electrons. The molecule has 0 radical (unpaired) electrons. The summed E-state index contributed by atoms with van der Waals surface area (Å²) in [5, 5.41) is 0.744. The van der Waals surface area contributed by atoms with E-state index in [1.54, 1.807) is 17.0 Å². The van der Waals surface area contributed by atoms with Gasteiger partial charge in [0, 0.05) is 47.0 Å².